The smallest absolute Gasteiger partial charge is 0.273 e. The van der Waals surface area contributed by atoms with Crippen LogP contribution in [0.5, 0.6) is 0 Å². The molecular weight excluding hydrogens is 286 g/mol. The minimum atomic E-state index is -0.854. The standard InChI is InChI=1S/C15H17N3O4/c1-10(19)17-13(21)16(15(2,3)4)14(22)18(17)12(20)11-8-6-5-7-9-11/h5-9H,1-4H3. The van der Waals surface area contributed by atoms with Crippen LogP contribution in [0.4, 0.5) is 0 Å². The lowest BCUT2D eigenvalue weighted by Crippen LogP contribution is -2.41. The number of carbonyl (C=O) groups excluding carboxylic acids is 2. The highest BCUT2D eigenvalue weighted by Gasteiger charge is 2.29. The molecule has 1 heterocycles. The minimum Gasteiger partial charge on any atom is -0.273 e. The maximum Gasteiger partial charge on any atom is 0.355 e. The van der Waals surface area contributed by atoms with E-state index in [0.29, 0.717) is 9.36 Å². The maximum absolute atomic E-state index is 12.5. The van der Waals surface area contributed by atoms with E-state index in [9.17, 15) is 19.2 Å². The molecule has 1 aromatic carbocycles. The highest BCUT2D eigenvalue weighted by Crippen LogP contribution is 2.08. The molecule has 2 aromatic rings. The number of rotatable bonds is 1. The summed E-state index contributed by atoms with van der Waals surface area (Å²) >= 11 is 0. The number of nitrogens with zero attached hydrogens (tertiary/aromatic N) is 3. The molecule has 0 saturated heterocycles. The highest BCUT2D eigenvalue weighted by atomic mass is 16.2. The zero-order valence-corrected chi connectivity index (χ0v) is 12.9. The summed E-state index contributed by atoms with van der Waals surface area (Å²) in [5.74, 6) is -1.42. The van der Waals surface area contributed by atoms with Crippen LogP contribution < -0.4 is 11.4 Å². The SMILES string of the molecule is CC(=O)n1c(=O)n(C(C)(C)C)c(=O)n1C(=O)c1ccccc1. The van der Waals surface area contributed by atoms with Gasteiger partial charge in [-0.15, -0.1) is 0 Å². The largest absolute Gasteiger partial charge is 0.355 e. The summed E-state index contributed by atoms with van der Waals surface area (Å²) in [7, 11) is 0. The zero-order valence-electron chi connectivity index (χ0n) is 12.9. The Hall–Kier alpha value is -2.70. The lowest BCUT2D eigenvalue weighted by Gasteiger charge is -2.17. The third kappa shape index (κ3) is 2.45. The van der Waals surface area contributed by atoms with Gasteiger partial charge in [0.2, 0.25) is 5.91 Å². The molecule has 7 heteroatoms. The van der Waals surface area contributed by atoms with Crippen molar-refractivity contribution in [3.8, 4) is 0 Å². The fraction of sp³-hybridized carbons (Fsp3) is 0.333. The van der Waals surface area contributed by atoms with Gasteiger partial charge in [-0.05, 0) is 32.9 Å². The Morgan fingerprint density at radius 3 is 1.86 bits per heavy atom. The van der Waals surface area contributed by atoms with Gasteiger partial charge in [-0.3, -0.25) is 9.59 Å². The molecular formula is C15H17N3O4. The number of aromatic nitrogens is 3. The molecule has 0 fully saturated rings. The first-order valence-electron chi connectivity index (χ1n) is 6.74. The van der Waals surface area contributed by atoms with Crippen LogP contribution in [-0.4, -0.2) is 25.7 Å². The Morgan fingerprint density at radius 1 is 0.909 bits per heavy atom. The monoisotopic (exact) mass is 303 g/mol. The van der Waals surface area contributed by atoms with Crippen molar-refractivity contribution < 1.29 is 9.59 Å². The molecule has 0 unspecified atom stereocenters. The van der Waals surface area contributed by atoms with Gasteiger partial charge in [0.15, 0.2) is 0 Å². The van der Waals surface area contributed by atoms with E-state index in [-0.39, 0.29) is 5.56 Å². The van der Waals surface area contributed by atoms with Crippen LogP contribution in [0, 0.1) is 0 Å². The van der Waals surface area contributed by atoms with E-state index in [1.165, 1.54) is 12.1 Å². The van der Waals surface area contributed by atoms with E-state index in [1.807, 2.05) is 0 Å². The Bertz CT molecular complexity index is 848. The van der Waals surface area contributed by atoms with Crippen LogP contribution in [0.2, 0.25) is 0 Å². The van der Waals surface area contributed by atoms with Gasteiger partial charge in [-0.2, -0.15) is 9.36 Å². The first kappa shape index (κ1) is 15.7. The van der Waals surface area contributed by atoms with Crippen molar-refractivity contribution in [2.24, 2.45) is 0 Å². The second kappa shape index (κ2) is 5.25. The number of hydrogen-bond acceptors (Lipinski definition) is 4. The molecule has 0 spiro atoms. The molecule has 0 radical (unpaired) electrons. The van der Waals surface area contributed by atoms with E-state index in [4.69, 9.17) is 0 Å². The molecule has 0 aliphatic rings. The van der Waals surface area contributed by atoms with E-state index >= 15 is 0 Å². The van der Waals surface area contributed by atoms with Crippen molar-refractivity contribution in [2.45, 2.75) is 33.2 Å². The molecule has 0 N–H and O–H groups in total. The second-order valence-corrected chi connectivity index (χ2v) is 5.89. The molecule has 0 amide bonds. The lowest BCUT2D eigenvalue weighted by atomic mass is 10.1. The summed E-state index contributed by atoms with van der Waals surface area (Å²) in [6, 6.07) is 8.01. The molecule has 22 heavy (non-hydrogen) atoms. The van der Waals surface area contributed by atoms with Crippen molar-refractivity contribution in [2.75, 3.05) is 0 Å². The Kier molecular flexibility index (Phi) is 3.74. The fourth-order valence-electron chi connectivity index (χ4n) is 2.17. The summed E-state index contributed by atoms with van der Waals surface area (Å²) in [4.78, 5) is 49.2. The van der Waals surface area contributed by atoms with Crippen molar-refractivity contribution >= 4 is 11.8 Å². The third-order valence-corrected chi connectivity index (χ3v) is 3.13. The van der Waals surface area contributed by atoms with Crippen LogP contribution in [0.25, 0.3) is 0 Å². The predicted molar refractivity (Wildman–Crippen MR) is 80.4 cm³/mol. The molecule has 0 aliphatic heterocycles. The summed E-state index contributed by atoms with van der Waals surface area (Å²) in [6.07, 6.45) is 0. The van der Waals surface area contributed by atoms with Gasteiger partial charge >= 0.3 is 11.4 Å². The first-order valence-corrected chi connectivity index (χ1v) is 6.74. The van der Waals surface area contributed by atoms with Crippen LogP contribution in [0.1, 0.15) is 42.8 Å². The third-order valence-electron chi connectivity index (χ3n) is 3.13. The number of carbonyl (C=O) groups is 2. The second-order valence-electron chi connectivity index (χ2n) is 5.89. The summed E-state index contributed by atoms with van der Waals surface area (Å²) < 4.78 is 2.06. The van der Waals surface area contributed by atoms with Gasteiger partial charge < -0.3 is 0 Å². The Balaban J connectivity index is 2.82. The molecule has 116 valence electrons. The summed E-state index contributed by atoms with van der Waals surface area (Å²) in [5, 5.41) is 0. The average molecular weight is 303 g/mol. The minimum absolute atomic E-state index is 0.214. The van der Waals surface area contributed by atoms with Gasteiger partial charge in [-0.1, -0.05) is 18.2 Å². The molecule has 0 aliphatic carbocycles. The Labute approximate surface area is 126 Å². The molecule has 0 saturated carbocycles. The maximum atomic E-state index is 12.5. The normalized spacial score (nSPS) is 11.5. The van der Waals surface area contributed by atoms with Crippen molar-refractivity contribution in [3.63, 3.8) is 0 Å². The topological polar surface area (TPSA) is 83.1 Å². The summed E-state index contributed by atoms with van der Waals surface area (Å²) in [5.41, 5.74) is -2.30. The van der Waals surface area contributed by atoms with Crippen LogP contribution >= 0.6 is 0 Å². The highest BCUT2D eigenvalue weighted by molar-refractivity contribution is 5.96. The van der Waals surface area contributed by atoms with E-state index in [1.54, 1.807) is 39.0 Å². The lowest BCUT2D eigenvalue weighted by molar-refractivity contribution is 0.0827. The van der Waals surface area contributed by atoms with E-state index in [2.05, 4.69) is 0 Å². The van der Waals surface area contributed by atoms with Crippen LogP contribution in [0.3, 0.4) is 0 Å². The van der Waals surface area contributed by atoms with Gasteiger partial charge in [0.05, 0.1) is 0 Å². The summed E-state index contributed by atoms with van der Waals surface area (Å²) in [6.45, 7) is 6.08. The first-order chi connectivity index (χ1) is 10.2. The Morgan fingerprint density at radius 2 is 1.41 bits per heavy atom. The molecule has 7 nitrogen and oxygen atoms in total. The van der Waals surface area contributed by atoms with Crippen LogP contribution in [-0.2, 0) is 5.54 Å². The quantitative estimate of drug-likeness (QED) is 0.784. The fourth-order valence-corrected chi connectivity index (χ4v) is 2.17. The van der Waals surface area contributed by atoms with Gasteiger partial charge in [0.25, 0.3) is 5.91 Å². The van der Waals surface area contributed by atoms with Crippen molar-refractivity contribution in [1.82, 2.24) is 13.9 Å². The van der Waals surface area contributed by atoms with E-state index in [0.717, 1.165) is 11.5 Å². The van der Waals surface area contributed by atoms with Gasteiger partial charge in [-0.25, -0.2) is 14.2 Å². The number of hydrogen-bond donors (Lipinski definition) is 0. The van der Waals surface area contributed by atoms with E-state index < -0.39 is 28.7 Å². The van der Waals surface area contributed by atoms with Crippen molar-refractivity contribution in [1.29, 1.82) is 0 Å². The van der Waals surface area contributed by atoms with Gasteiger partial charge in [0.1, 0.15) is 0 Å². The average Bonchev–Trinajstić information content (AvgIpc) is 2.69. The van der Waals surface area contributed by atoms with Gasteiger partial charge in [0, 0.05) is 18.0 Å². The van der Waals surface area contributed by atoms with Crippen LogP contribution in [0.15, 0.2) is 39.9 Å². The molecule has 0 bridgehead atoms. The number of benzene rings is 1. The molecule has 0 atom stereocenters. The molecule has 1 aromatic heterocycles. The predicted octanol–water partition coefficient (Wildman–Crippen LogP) is 0.915. The van der Waals surface area contributed by atoms with Crippen molar-refractivity contribution in [3.05, 3.63) is 56.9 Å². The molecule has 2 rings (SSSR count). The zero-order chi connectivity index (χ0) is 16.7.